The third kappa shape index (κ3) is 4.66. The lowest BCUT2D eigenvalue weighted by molar-refractivity contribution is -0.116. The van der Waals surface area contributed by atoms with E-state index in [2.05, 4.69) is 15.5 Å². The second kappa shape index (κ2) is 8.50. The van der Waals surface area contributed by atoms with Gasteiger partial charge in [0, 0.05) is 24.8 Å². The summed E-state index contributed by atoms with van der Waals surface area (Å²) in [6.07, 6.45) is 1.62. The lowest BCUT2D eigenvalue weighted by Gasteiger charge is -2.17. The van der Waals surface area contributed by atoms with Crippen LogP contribution in [-0.2, 0) is 21.4 Å². The number of nitrogens with one attached hydrogen (secondary N) is 1. The number of aromatic nitrogens is 3. The molecule has 0 saturated carbocycles. The third-order valence-electron chi connectivity index (χ3n) is 4.25. The van der Waals surface area contributed by atoms with Crippen molar-refractivity contribution in [3.8, 4) is 11.4 Å². The normalized spacial score (nSPS) is 11.6. The molecule has 0 radical (unpaired) electrons. The van der Waals surface area contributed by atoms with Crippen LogP contribution in [0.5, 0.6) is 0 Å². The van der Waals surface area contributed by atoms with E-state index < -0.39 is 28.3 Å². The molecule has 0 aliphatic heterocycles. The molecule has 0 aliphatic rings. The maximum absolute atomic E-state index is 13.0. The first-order valence-corrected chi connectivity index (χ1v) is 10.2. The van der Waals surface area contributed by atoms with Crippen LogP contribution in [0.2, 0.25) is 0 Å². The molecule has 8 nitrogen and oxygen atoms in total. The van der Waals surface area contributed by atoms with Crippen LogP contribution in [0.1, 0.15) is 6.92 Å². The van der Waals surface area contributed by atoms with E-state index in [1.165, 1.54) is 7.05 Å². The summed E-state index contributed by atoms with van der Waals surface area (Å²) in [4.78, 5) is 12.3. The Balaban J connectivity index is 1.71. The third-order valence-corrected chi connectivity index (χ3v) is 6.07. The number of aryl methyl sites for hydroxylation is 1. The highest BCUT2D eigenvalue weighted by Crippen LogP contribution is 2.21. The molecule has 1 heterocycles. The van der Waals surface area contributed by atoms with Crippen LogP contribution in [0, 0.1) is 5.82 Å². The largest absolute Gasteiger partial charge is 0.325 e. The summed E-state index contributed by atoms with van der Waals surface area (Å²) >= 11 is 0. The summed E-state index contributed by atoms with van der Waals surface area (Å²) in [5, 5.41) is 10.7. The maximum atomic E-state index is 13.0. The highest BCUT2D eigenvalue weighted by Gasteiger charge is 2.23. The van der Waals surface area contributed by atoms with Crippen molar-refractivity contribution in [1.82, 2.24) is 19.1 Å². The summed E-state index contributed by atoms with van der Waals surface area (Å²) in [6, 6.07) is 11.5. The first kappa shape index (κ1) is 20.6. The van der Waals surface area contributed by atoms with Crippen LogP contribution in [0.25, 0.3) is 11.4 Å². The van der Waals surface area contributed by atoms with Gasteiger partial charge in [0.25, 0.3) is 0 Å². The van der Waals surface area contributed by atoms with E-state index in [4.69, 9.17) is 0 Å². The number of anilines is 1. The van der Waals surface area contributed by atoms with E-state index in [1.807, 2.05) is 17.6 Å². The van der Waals surface area contributed by atoms with Gasteiger partial charge in [-0.05, 0) is 43.3 Å². The maximum Gasteiger partial charge on any atom is 0.243 e. The summed E-state index contributed by atoms with van der Waals surface area (Å²) in [7, 11) is -2.62. The van der Waals surface area contributed by atoms with Crippen LogP contribution in [0.3, 0.4) is 0 Å². The summed E-state index contributed by atoms with van der Waals surface area (Å²) in [5.41, 5.74) is 1.28. The molecule has 0 unspecified atom stereocenters. The van der Waals surface area contributed by atoms with E-state index in [-0.39, 0.29) is 4.90 Å². The topological polar surface area (TPSA) is 97.2 Å². The smallest absolute Gasteiger partial charge is 0.243 e. The lowest BCUT2D eigenvalue weighted by atomic mass is 10.2. The van der Waals surface area contributed by atoms with Gasteiger partial charge in [0.2, 0.25) is 15.9 Å². The van der Waals surface area contributed by atoms with Gasteiger partial charge in [-0.3, -0.25) is 4.79 Å². The van der Waals surface area contributed by atoms with Crippen LogP contribution in [-0.4, -0.2) is 47.0 Å². The van der Waals surface area contributed by atoms with Gasteiger partial charge < -0.3 is 9.88 Å². The predicted molar refractivity (Wildman–Crippen MR) is 106 cm³/mol. The van der Waals surface area contributed by atoms with E-state index in [9.17, 15) is 17.6 Å². The van der Waals surface area contributed by atoms with E-state index in [0.29, 0.717) is 18.1 Å². The highest BCUT2D eigenvalue weighted by molar-refractivity contribution is 7.89. The Morgan fingerprint density at radius 1 is 1.21 bits per heavy atom. The minimum atomic E-state index is -3.91. The Morgan fingerprint density at radius 3 is 2.62 bits per heavy atom. The predicted octanol–water partition coefficient (Wildman–Crippen LogP) is 2.36. The fourth-order valence-electron chi connectivity index (χ4n) is 2.72. The van der Waals surface area contributed by atoms with Gasteiger partial charge in [-0.2, -0.15) is 4.31 Å². The average Bonchev–Trinajstić information content (AvgIpc) is 3.17. The zero-order chi connectivity index (χ0) is 21.0. The van der Waals surface area contributed by atoms with Gasteiger partial charge >= 0.3 is 0 Å². The molecule has 2 aromatic carbocycles. The Morgan fingerprint density at radius 2 is 1.93 bits per heavy atom. The number of hydrogen-bond acceptors (Lipinski definition) is 5. The van der Waals surface area contributed by atoms with Crippen LogP contribution >= 0.6 is 0 Å². The Labute approximate surface area is 168 Å². The van der Waals surface area contributed by atoms with Gasteiger partial charge in [-0.25, -0.2) is 12.8 Å². The fourth-order valence-corrected chi connectivity index (χ4v) is 3.85. The Kier molecular flexibility index (Phi) is 6.04. The zero-order valence-corrected chi connectivity index (χ0v) is 16.7. The van der Waals surface area contributed by atoms with Crippen LogP contribution < -0.4 is 5.32 Å². The van der Waals surface area contributed by atoms with E-state index in [1.54, 1.807) is 24.5 Å². The summed E-state index contributed by atoms with van der Waals surface area (Å²) in [5.74, 6) is -0.380. The molecule has 0 aliphatic carbocycles. The minimum Gasteiger partial charge on any atom is -0.325 e. The van der Waals surface area contributed by atoms with Crippen molar-refractivity contribution >= 4 is 21.6 Å². The number of carbonyl (C=O) groups is 1. The molecule has 3 aromatic rings. The molecule has 1 aromatic heterocycles. The second-order valence-electron chi connectivity index (χ2n) is 6.28. The molecule has 0 bridgehead atoms. The van der Waals surface area contributed by atoms with Gasteiger partial charge in [0.1, 0.15) is 12.1 Å². The summed E-state index contributed by atoms with van der Waals surface area (Å²) in [6.45, 7) is 2.27. The van der Waals surface area contributed by atoms with Crippen molar-refractivity contribution in [3.05, 3.63) is 60.7 Å². The first-order valence-electron chi connectivity index (χ1n) is 8.81. The Bertz CT molecular complexity index is 1110. The SMILES string of the molecule is CCn1cnnc1-c1cccc(NC(=O)CN(C)S(=O)(=O)c2ccc(F)cc2)c1. The molecule has 152 valence electrons. The number of benzene rings is 2. The number of rotatable bonds is 7. The summed E-state index contributed by atoms with van der Waals surface area (Å²) < 4.78 is 40.8. The van der Waals surface area contributed by atoms with Gasteiger partial charge in [0.15, 0.2) is 5.82 Å². The van der Waals surface area contributed by atoms with E-state index in [0.717, 1.165) is 34.1 Å². The van der Waals surface area contributed by atoms with Crippen molar-refractivity contribution in [3.63, 3.8) is 0 Å². The molecule has 10 heteroatoms. The molecule has 3 rings (SSSR count). The molecule has 1 amide bonds. The number of amides is 1. The van der Waals surface area contributed by atoms with Gasteiger partial charge in [0.05, 0.1) is 11.4 Å². The highest BCUT2D eigenvalue weighted by atomic mass is 32.2. The molecular formula is C19H20FN5O3S. The number of sulfonamides is 1. The first-order chi connectivity index (χ1) is 13.8. The molecular weight excluding hydrogens is 397 g/mol. The molecule has 0 saturated heterocycles. The fraction of sp³-hybridized carbons (Fsp3) is 0.211. The quantitative estimate of drug-likeness (QED) is 0.637. The number of nitrogens with zero attached hydrogens (tertiary/aromatic N) is 4. The van der Waals surface area contributed by atoms with E-state index >= 15 is 0 Å². The van der Waals surface area contributed by atoms with Crippen molar-refractivity contribution in [2.75, 3.05) is 18.9 Å². The Hall–Kier alpha value is -3.11. The number of hydrogen-bond donors (Lipinski definition) is 1. The van der Waals surface area contributed by atoms with Crippen molar-refractivity contribution in [2.45, 2.75) is 18.4 Å². The van der Waals surface area contributed by atoms with Gasteiger partial charge in [-0.15, -0.1) is 10.2 Å². The molecule has 1 N–H and O–H groups in total. The van der Waals surface area contributed by atoms with Crippen LogP contribution in [0.4, 0.5) is 10.1 Å². The number of halogens is 1. The van der Waals surface area contributed by atoms with Gasteiger partial charge in [-0.1, -0.05) is 12.1 Å². The number of carbonyl (C=O) groups excluding carboxylic acids is 1. The number of likely N-dealkylation sites (N-methyl/N-ethyl adjacent to an activating group) is 1. The van der Waals surface area contributed by atoms with Crippen LogP contribution in [0.15, 0.2) is 59.8 Å². The minimum absolute atomic E-state index is 0.0879. The zero-order valence-electron chi connectivity index (χ0n) is 15.9. The van der Waals surface area contributed by atoms with Crippen molar-refractivity contribution in [1.29, 1.82) is 0 Å². The molecule has 0 spiro atoms. The molecule has 29 heavy (non-hydrogen) atoms. The lowest BCUT2D eigenvalue weighted by Crippen LogP contribution is -2.35. The molecule has 0 fully saturated rings. The standard InChI is InChI=1S/C19H20FN5O3S/c1-3-25-13-21-23-19(25)14-5-4-6-16(11-14)22-18(26)12-24(2)29(27,28)17-9-7-15(20)8-10-17/h4-11,13H,3,12H2,1-2H3,(H,22,26). The van der Waals surface area contributed by atoms with Crippen molar-refractivity contribution in [2.24, 2.45) is 0 Å². The molecule has 0 atom stereocenters. The van der Waals surface area contributed by atoms with Crippen molar-refractivity contribution < 1.29 is 17.6 Å². The second-order valence-corrected chi connectivity index (χ2v) is 8.33. The monoisotopic (exact) mass is 417 g/mol. The average molecular weight is 417 g/mol.